The molecule has 10 heteroatoms. The average molecular weight is 616 g/mol. The lowest BCUT2D eigenvalue weighted by atomic mass is 9.95. The number of halogens is 2. The van der Waals surface area contributed by atoms with Gasteiger partial charge in [0.15, 0.2) is 0 Å². The average Bonchev–Trinajstić information content (AvgIpc) is 3.08. The van der Waals surface area contributed by atoms with Crippen LogP contribution in [0.3, 0.4) is 0 Å². The van der Waals surface area contributed by atoms with Crippen LogP contribution in [0.1, 0.15) is 41.7 Å². The molecular weight excluding hydrogens is 580 g/mol. The number of esters is 1. The summed E-state index contributed by atoms with van der Waals surface area (Å²) in [4.78, 5) is 40.9. The molecule has 4 aromatic carbocycles. The molecule has 8 nitrogen and oxygen atoms in total. The first-order valence-electron chi connectivity index (χ1n) is 14.5. The Labute approximate surface area is 260 Å². The van der Waals surface area contributed by atoms with Crippen molar-refractivity contribution in [2.75, 3.05) is 24.7 Å². The van der Waals surface area contributed by atoms with E-state index in [1.54, 1.807) is 104 Å². The number of aliphatic hydroxyl groups excluding tert-OH is 1. The number of nitrogens with zero attached hydrogens (tertiary/aromatic N) is 1. The summed E-state index contributed by atoms with van der Waals surface area (Å²) in [5, 5.41) is 15.5. The number of alkyl halides is 2. The zero-order valence-electron chi connectivity index (χ0n) is 24.7. The lowest BCUT2D eigenvalue weighted by Crippen LogP contribution is -2.55. The number of hydrogen-bond donors (Lipinski definition) is 3. The minimum Gasteiger partial charge on any atom is -0.465 e. The van der Waals surface area contributed by atoms with Crippen LogP contribution in [0, 0.1) is 0 Å². The number of benzene rings is 4. The highest BCUT2D eigenvalue weighted by Crippen LogP contribution is 2.39. The van der Waals surface area contributed by atoms with Gasteiger partial charge in [-0.15, -0.1) is 0 Å². The van der Waals surface area contributed by atoms with Crippen LogP contribution >= 0.6 is 0 Å². The van der Waals surface area contributed by atoms with E-state index in [9.17, 15) is 19.5 Å². The smallest absolute Gasteiger partial charge is 0.344 e. The molecule has 0 spiro atoms. The van der Waals surface area contributed by atoms with Gasteiger partial charge in [-0.25, -0.2) is 0 Å². The summed E-state index contributed by atoms with van der Waals surface area (Å²) in [7, 11) is 0. The summed E-state index contributed by atoms with van der Waals surface area (Å²) in [6.07, 6.45) is 0. The second-order valence-electron chi connectivity index (χ2n) is 10.1. The molecule has 4 rings (SSSR count). The van der Waals surface area contributed by atoms with E-state index in [0.29, 0.717) is 5.56 Å². The largest absolute Gasteiger partial charge is 0.465 e. The third kappa shape index (κ3) is 8.17. The van der Waals surface area contributed by atoms with Crippen molar-refractivity contribution >= 4 is 23.5 Å². The summed E-state index contributed by atoms with van der Waals surface area (Å²) in [5.74, 6) is -7.40. The van der Waals surface area contributed by atoms with Crippen molar-refractivity contribution in [1.82, 2.24) is 10.6 Å². The zero-order chi connectivity index (χ0) is 32.2. The van der Waals surface area contributed by atoms with E-state index in [-0.39, 0.29) is 23.4 Å². The Bertz CT molecular complexity index is 1530. The maximum absolute atomic E-state index is 16.9. The molecule has 0 bridgehead atoms. The highest BCUT2D eigenvalue weighted by molar-refractivity contribution is 6.05. The number of anilines is 1. The van der Waals surface area contributed by atoms with Gasteiger partial charge < -0.3 is 15.2 Å². The lowest BCUT2D eigenvalue weighted by Gasteiger charge is -2.37. The fourth-order valence-electron chi connectivity index (χ4n) is 4.97. The normalized spacial score (nSPS) is 13.2. The third-order valence-electron chi connectivity index (χ3n) is 7.12. The second-order valence-corrected chi connectivity index (χ2v) is 10.1. The molecule has 0 aromatic heterocycles. The maximum atomic E-state index is 16.9. The van der Waals surface area contributed by atoms with Gasteiger partial charge in [0.2, 0.25) is 5.91 Å². The Hall–Kier alpha value is -4.93. The van der Waals surface area contributed by atoms with Gasteiger partial charge in [-0.3, -0.25) is 24.6 Å². The van der Waals surface area contributed by atoms with Gasteiger partial charge in [0, 0.05) is 5.69 Å². The molecule has 0 unspecified atom stereocenters. The molecule has 3 atom stereocenters. The van der Waals surface area contributed by atoms with Crippen LogP contribution in [0.4, 0.5) is 14.5 Å². The Morgan fingerprint density at radius 3 is 1.78 bits per heavy atom. The fraction of sp³-hybridized carbons (Fsp3) is 0.229. The number of para-hydroxylation sites is 1. The number of ether oxygens (including phenoxy) is 1. The topological polar surface area (TPSA) is 108 Å². The molecule has 4 aromatic rings. The lowest BCUT2D eigenvalue weighted by molar-refractivity contribution is -0.149. The number of rotatable bonds is 14. The number of carbonyl (C=O) groups is 3. The van der Waals surface area contributed by atoms with E-state index in [4.69, 9.17) is 4.74 Å². The first-order valence-corrected chi connectivity index (χ1v) is 14.5. The van der Waals surface area contributed by atoms with Crippen molar-refractivity contribution in [2.24, 2.45) is 0 Å². The molecule has 0 aliphatic carbocycles. The minimum atomic E-state index is -4.16. The van der Waals surface area contributed by atoms with Crippen molar-refractivity contribution in [3.63, 3.8) is 0 Å². The van der Waals surface area contributed by atoms with Crippen molar-refractivity contribution < 1.29 is 33.0 Å². The van der Waals surface area contributed by atoms with Crippen LogP contribution < -0.4 is 15.5 Å². The molecule has 45 heavy (non-hydrogen) atoms. The molecule has 234 valence electrons. The number of aliphatic hydroxyl groups is 1. The Balaban J connectivity index is 1.82. The van der Waals surface area contributed by atoms with Crippen LogP contribution in [0.25, 0.3) is 0 Å². The molecular formula is C35H35F2N3O5. The number of carbonyl (C=O) groups excluding carboxylic acids is 3. The molecule has 0 saturated carbocycles. The number of nitrogens with one attached hydrogen (secondary N) is 2. The van der Waals surface area contributed by atoms with Crippen LogP contribution in [0.2, 0.25) is 0 Å². The fourth-order valence-corrected chi connectivity index (χ4v) is 4.97. The molecule has 0 fully saturated rings. The summed E-state index contributed by atoms with van der Waals surface area (Å²) in [6.45, 7) is 0.652. The predicted octanol–water partition coefficient (Wildman–Crippen LogP) is 5.14. The Morgan fingerprint density at radius 2 is 1.27 bits per heavy atom. The van der Waals surface area contributed by atoms with Crippen LogP contribution in [-0.2, 0) is 19.1 Å². The van der Waals surface area contributed by atoms with Crippen LogP contribution in [0.5, 0.6) is 0 Å². The predicted molar refractivity (Wildman–Crippen MR) is 166 cm³/mol. The molecule has 0 radical (unpaired) electrons. The van der Waals surface area contributed by atoms with Crippen LogP contribution in [0.15, 0.2) is 121 Å². The summed E-state index contributed by atoms with van der Waals surface area (Å²) in [6, 6.07) is 27.6. The van der Waals surface area contributed by atoms with Gasteiger partial charge >= 0.3 is 17.8 Å². The number of hydrogen-bond acceptors (Lipinski definition) is 6. The summed E-state index contributed by atoms with van der Waals surface area (Å²) >= 11 is 0. The Morgan fingerprint density at radius 1 is 0.778 bits per heavy atom. The zero-order valence-corrected chi connectivity index (χ0v) is 24.7. The first-order chi connectivity index (χ1) is 21.8. The van der Waals surface area contributed by atoms with E-state index in [1.807, 2.05) is 0 Å². The quantitative estimate of drug-likeness (QED) is 0.170. The maximum Gasteiger partial charge on any atom is 0.344 e. The van der Waals surface area contributed by atoms with Gasteiger partial charge in [0.05, 0.1) is 19.3 Å². The van der Waals surface area contributed by atoms with Gasteiger partial charge in [-0.1, -0.05) is 109 Å². The summed E-state index contributed by atoms with van der Waals surface area (Å²) in [5.41, 5.74) is 0.926. The van der Waals surface area contributed by atoms with Crippen molar-refractivity contribution in [1.29, 1.82) is 0 Å². The highest BCUT2D eigenvalue weighted by Gasteiger charge is 2.53. The third-order valence-corrected chi connectivity index (χ3v) is 7.12. The van der Waals surface area contributed by atoms with Crippen molar-refractivity contribution in [3.8, 4) is 0 Å². The standard InChI is InChI=1S/C35H35F2N3O5/c1-2-45-30(42)23-38-33(43)31(26-17-9-4-10-18-26)40(28-21-13-6-14-22-28)34(44)35(36,37)32(27-19-11-5-12-20-27)39-29(24-41)25-15-7-3-8-16-25/h3-22,29,31-32,39,41H,2,23-24H2,1H3,(H,38,43)/t29-,31-,32-/m0/s1. The molecule has 2 amide bonds. The minimum absolute atomic E-state index is 0.0379. The van der Waals surface area contributed by atoms with E-state index in [1.165, 1.54) is 24.3 Å². The van der Waals surface area contributed by atoms with E-state index >= 15 is 8.78 Å². The van der Waals surface area contributed by atoms with Crippen molar-refractivity contribution in [3.05, 3.63) is 138 Å². The van der Waals surface area contributed by atoms with E-state index in [0.717, 1.165) is 4.90 Å². The van der Waals surface area contributed by atoms with Gasteiger partial charge in [-0.2, -0.15) is 8.78 Å². The van der Waals surface area contributed by atoms with Crippen molar-refractivity contribution in [2.45, 2.75) is 31.0 Å². The molecule has 0 saturated heterocycles. The molecule has 0 aliphatic rings. The van der Waals surface area contributed by atoms with E-state index < -0.39 is 55.0 Å². The Kier molecular flexibility index (Phi) is 11.5. The first kappa shape index (κ1) is 33.0. The summed E-state index contributed by atoms with van der Waals surface area (Å²) < 4.78 is 38.8. The van der Waals surface area contributed by atoms with Crippen LogP contribution in [-0.4, -0.2) is 48.6 Å². The number of amides is 2. The van der Waals surface area contributed by atoms with Gasteiger partial charge in [0.1, 0.15) is 18.6 Å². The monoisotopic (exact) mass is 615 g/mol. The van der Waals surface area contributed by atoms with Gasteiger partial charge in [0.25, 0.3) is 0 Å². The highest BCUT2D eigenvalue weighted by atomic mass is 19.3. The molecule has 0 heterocycles. The molecule has 0 aliphatic heterocycles. The van der Waals surface area contributed by atoms with Gasteiger partial charge in [-0.05, 0) is 35.7 Å². The second kappa shape index (κ2) is 15.7. The SMILES string of the molecule is CCOC(=O)CNC(=O)[C@H](c1ccccc1)N(C(=O)C(F)(F)[C@@H](N[C@@H](CO)c1ccccc1)c1ccccc1)c1ccccc1. The molecule has 3 N–H and O–H groups in total. The van der Waals surface area contributed by atoms with E-state index in [2.05, 4.69) is 10.6 Å².